The molecule has 1 saturated heterocycles. The number of carbonyl (C=O) groups excluding carboxylic acids is 2. The molecule has 0 unspecified atom stereocenters. The predicted octanol–water partition coefficient (Wildman–Crippen LogP) is 0.598. The molecule has 1 aromatic rings. The van der Waals surface area contributed by atoms with Crippen molar-refractivity contribution in [2.45, 2.75) is 6.42 Å². The molecular formula is C11H15N3O3S. The number of amides is 1. The molecule has 0 saturated carbocycles. The lowest BCUT2D eigenvalue weighted by molar-refractivity contribution is -0.127. The smallest absolute Gasteiger partial charge is 0.357 e. The number of methoxy groups -OCH3 is 1. The van der Waals surface area contributed by atoms with Crippen LogP contribution in [0.3, 0.4) is 0 Å². The van der Waals surface area contributed by atoms with Crippen molar-refractivity contribution >= 4 is 28.3 Å². The molecule has 1 aromatic heterocycles. The van der Waals surface area contributed by atoms with Gasteiger partial charge in [0.1, 0.15) is 0 Å². The summed E-state index contributed by atoms with van der Waals surface area (Å²) in [5, 5.41) is 2.35. The first-order valence-corrected chi connectivity index (χ1v) is 6.52. The van der Waals surface area contributed by atoms with Crippen LogP contribution in [-0.2, 0) is 9.53 Å². The van der Waals surface area contributed by atoms with E-state index in [9.17, 15) is 9.59 Å². The number of hydrogen-bond donors (Lipinski definition) is 0. The second kappa shape index (κ2) is 5.34. The van der Waals surface area contributed by atoms with Crippen LogP contribution in [0.4, 0.5) is 5.13 Å². The largest absolute Gasteiger partial charge is 0.464 e. The highest BCUT2D eigenvalue weighted by Crippen LogP contribution is 2.22. The van der Waals surface area contributed by atoms with Crippen molar-refractivity contribution < 1.29 is 14.3 Å². The maximum Gasteiger partial charge on any atom is 0.357 e. The zero-order chi connectivity index (χ0) is 13.1. The zero-order valence-electron chi connectivity index (χ0n) is 10.4. The van der Waals surface area contributed by atoms with Crippen LogP contribution in [0.25, 0.3) is 0 Å². The van der Waals surface area contributed by atoms with Gasteiger partial charge in [-0.05, 0) is 6.42 Å². The fourth-order valence-electron chi connectivity index (χ4n) is 1.76. The Bertz CT molecular complexity index is 460. The lowest BCUT2D eigenvalue weighted by Crippen LogP contribution is -2.34. The van der Waals surface area contributed by atoms with Gasteiger partial charge in [0.15, 0.2) is 10.8 Å². The summed E-state index contributed by atoms with van der Waals surface area (Å²) >= 11 is 1.36. The number of likely N-dealkylation sites (N-methyl/N-ethyl adjacent to an activating group) is 1. The van der Waals surface area contributed by atoms with E-state index in [1.165, 1.54) is 18.4 Å². The van der Waals surface area contributed by atoms with Gasteiger partial charge in [-0.2, -0.15) is 0 Å². The normalized spacial score (nSPS) is 16.7. The van der Waals surface area contributed by atoms with Crippen molar-refractivity contribution in [2.24, 2.45) is 0 Å². The van der Waals surface area contributed by atoms with E-state index in [1.54, 1.807) is 17.3 Å². The quantitative estimate of drug-likeness (QED) is 0.736. The van der Waals surface area contributed by atoms with Crippen LogP contribution >= 0.6 is 11.3 Å². The summed E-state index contributed by atoms with van der Waals surface area (Å²) in [6.07, 6.45) is 0.898. The number of ether oxygens (including phenoxy) is 1. The zero-order valence-corrected chi connectivity index (χ0v) is 11.2. The van der Waals surface area contributed by atoms with Crippen LogP contribution in [0.5, 0.6) is 0 Å². The van der Waals surface area contributed by atoms with Crippen LogP contribution < -0.4 is 4.90 Å². The van der Waals surface area contributed by atoms with Crippen molar-refractivity contribution in [1.82, 2.24) is 9.88 Å². The van der Waals surface area contributed by atoms with Crippen molar-refractivity contribution in [3.8, 4) is 0 Å². The number of nitrogens with zero attached hydrogens (tertiary/aromatic N) is 3. The third-order valence-electron chi connectivity index (χ3n) is 2.83. The summed E-state index contributed by atoms with van der Waals surface area (Å²) in [5.41, 5.74) is 0.294. The summed E-state index contributed by atoms with van der Waals surface area (Å²) in [6, 6.07) is 0. The Balaban J connectivity index is 2.13. The molecule has 6 nitrogen and oxygen atoms in total. The minimum Gasteiger partial charge on any atom is -0.464 e. The van der Waals surface area contributed by atoms with Gasteiger partial charge < -0.3 is 14.5 Å². The number of thiazole rings is 1. The molecule has 0 bridgehead atoms. The molecule has 0 aliphatic carbocycles. The molecule has 2 rings (SSSR count). The average molecular weight is 269 g/mol. The van der Waals surface area contributed by atoms with Gasteiger partial charge in [0.25, 0.3) is 0 Å². The van der Waals surface area contributed by atoms with E-state index in [2.05, 4.69) is 9.72 Å². The molecule has 18 heavy (non-hydrogen) atoms. The number of rotatable bonds is 2. The van der Waals surface area contributed by atoms with Crippen LogP contribution in [0.2, 0.25) is 0 Å². The third kappa shape index (κ3) is 2.61. The van der Waals surface area contributed by atoms with Gasteiger partial charge in [0.05, 0.1) is 13.7 Å². The van der Waals surface area contributed by atoms with E-state index in [0.29, 0.717) is 17.4 Å². The van der Waals surface area contributed by atoms with Crippen LogP contribution in [0, 0.1) is 0 Å². The predicted molar refractivity (Wildman–Crippen MR) is 67.9 cm³/mol. The topological polar surface area (TPSA) is 62.7 Å². The number of carbonyl (C=O) groups is 2. The van der Waals surface area contributed by atoms with Gasteiger partial charge >= 0.3 is 5.97 Å². The minimum absolute atomic E-state index is 0.0716. The molecule has 0 N–H and O–H groups in total. The highest BCUT2D eigenvalue weighted by molar-refractivity contribution is 7.13. The lowest BCUT2D eigenvalue weighted by atomic mass is 10.4. The molecule has 1 aliphatic heterocycles. The Morgan fingerprint density at radius 3 is 3.00 bits per heavy atom. The Morgan fingerprint density at radius 2 is 2.28 bits per heavy atom. The Hall–Kier alpha value is -1.63. The van der Waals surface area contributed by atoms with Gasteiger partial charge in [-0.1, -0.05) is 0 Å². The second-order valence-electron chi connectivity index (χ2n) is 4.10. The van der Waals surface area contributed by atoms with Crippen molar-refractivity contribution in [2.75, 3.05) is 38.7 Å². The summed E-state index contributed by atoms with van der Waals surface area (Å²) in [7, 11) is 3.12. The van der Waals surface area contributed by atoms with E-state index in [1.807, 2.05) is 4.90 Å². The molecule has 2 heterocycles. The molecule has 7 heteroatoms. The van der Waals surface area contributed by atoms with Gasteiger partial charge in [0.2, 0.25) is 5.91 Å². The monoisotopic (exact) mass is 269 g/mol. The number of hydrogen-bond acceptors (Lipinski definition) is 6. The molecule has 0 radical (unpaired) electrons. The van der Waals surface area contributed by atoms with E-state index >= 15 is 0 Å². The van der Waals surface area contributed by atoms with Gasteiger partial charge in [0, 0.05) is 25.5 Å². The molecule has 98 valence electrons. The van der Waals surface area contributed by atoms with Gasteiger partial charge in [-0.15, -0.1) is 11.3 Å². The molecule has 1 aliphatic rings. The van der Waals surface area contributed by atoms with Crippen molar-refractivity contribution in [1.29, 1.82) is 0 Å². The number of aromatic nitrogens is 1. The molecule has 0 aromatic carbocycles. The highest BCUT2D eigenvalue weighted by atomic mass is 32.1. The first-order valence-electron chi connectivity index (χ1n) is 5.64. The van der Waals surface area contributed by atoms with Crippen molar-refractivity contribution in [3.63, 3.8) is 0 Å². The van der Waals surface area contributed by atoms with E-state index < -0.39 is 5.97 Å². The molecule has 0 spiro atoms. The van der Waals surface area contributed by atoms with E-state index in [4.69, 9.17) is 0 Å². The average Bonchev–Trinajstić information content (AvgIpc) is 2.79. The number of anilines is 1. The van der Waals surface area contributed by atoms with Crippen LogP contribution in [-0.4, -0.2) is 55.6 Å². The maximum atomic E-state index is 11.8. The Kier molecular flexibility index (Phi) is 3.81. The Morgan fingerprint density at radius 1 is 1.50 bits per heavy atom. The molecule has 0 atom stereocenters. The number of esters is 1. The van der Waals surface area contributed by atoms with E-state index in [-0.39, 0.29) is 5.91 Å². The Labute approximate surface area is 109 Å². The highest BCUT2D eigenvalue weighted by Gasteiger charge is 2.22. The fourth-order valence-corrected chi connectivity index (χ4v) is 2.58. The molecule has 1 amide bonds. The first kappa shape index (κ1) is 12.8. The van der Waals surface area contributed by atoms with Gasteiger partial charge in [-0.25, -0.2) is 9.78 Å². The molecule has 1 fully saturated rings. The summed E-state index contributed by atoms with van der Waals surface area (Å²) in [4.78, 5) is 30.9. The fraction of sp³-hybridized carbons (Fsp3) is 0.545. The summed E-state index contributed by atoms with van der Waals surface area (Å²) < 4.78 is 4.61. The molecular weight excluding hydrogens is 254 g/mol. The van der Waals surface area contributed by atoms with E-state index in [0.717, 1.165) is 19.5 Å². The standard InChI is InChI=1S/C11H15N3O3S/c1-13-4-3-5-14(6-9(13)15)11-12-8(7-18-11)10(16)17-2/h7H,3-6H2,1-2H3. The second-order valence-corrected chi connectivity index (χ2v) is 4.93. The van der Waals surface area contributed by atoms with Crippen LogP contribution in [0.15, 0.2) is 5.38 Å². The first-order chi connectivity index (χ1) is 8.61. The SMILES string of the molecule is COC(=O)c1csc(N2CCCN(C)C(=O)C2)n1. The van der Waals surface area contributed by atoms with Crippen molar-refractivity contribution in [3.05, 3.63) is 11.1 Å². The lowest BCUT2D eigenvalue weighted by Gasteiger charge is -2.18. The maximum absolute atomic E-state index is 11.8. The van der Waals surface area contributed by atoms with Gasteiger partial charge in [-0.3, -0.25) is 4.79 Å². The minimum atomic E-state index is -0.448. The summed E-state index contributed by atoms with van der Waals surface area (Å²) in [6.45, 7) is 1.83. The third-order valence-corrected chi connectivity index (χ3v) is 3.73. The van der Waals surface area contributed by atoms with Crippen LogP contribution in [0.1, 0.15) is 16.9 Å². The summed E-state index contributed by atoms with van der Waals surface area (Å²) in [5.74, 6) is -0.377.